The molecule has 0 radical (unpaired) electrons. The van der Waals surface area contributed by atoms with Crippen molar-refractivity contribution in [3.8, 4) is 22.8 Å². The maximum atomic E-state index is 12.6. The number of carboxylic acids is 1. The predicted molar refractivity (Wildman–Crippen MR) is 142 cm³/mol. The Morgan fingerprint density at radius 1 is 1.20 bits per heavy atom. The first kappa shape index (κ1) is 27.1. The number of fused-ring (bicyclic) bond motifs is 3. The molecule has 0 spiro atoms. The summed E-state index contributed by atoms with van der Waals surface area (Å²) >= 11 is 0. The van der Waals surface area contributed by atoms with E-state index in [4.69, 9.17) is 14.0 Å². The molecule has 194 valence electrons. The van der Waals surface area contributed by atoms with Gasteiger partial charge in [0.05, 0.1) is 19.4 Å². The predicted octanol–water partition coefficient (Wildman–Crippen LogP) is 4.12. The summed E-state index contributed by atoms with van der Waals surface area (Å²) in [5, 5.41) is 9.50. The highest BCUT2D eigenvalue weighted by atomic mass is 32.3. The van der Waals surface area contributed by atoms with Crippen molar-refractivity contribution in [1.29, 1.82) is 0 Å². The number of carboxylic acid groups (broad SMARTS) is 1. The molecule has 0 bridgehead atoms. The lowest BCUT2D eigenvalue weighted by atomic mass is 9.78. The smallest absolute Gasteiger partial charge is 0.341 e. The summed E-state index contributed by atoms with van der Waals surface area (Å²) in [6, 6.07) is 5.28. The van der Waals surface area contributed by atoms with Crippen LogP contribution >= 0.6 is 10.5 Å². The largest absolute Gasteiger partial charge is 0.493 e. The molecule has 1 unspecified atom stereocenters. The second-order valence-electron chi connectivity index (χ2n) is 10.5. The standard InChI is InChI=1S/C26H38N2O6S/c1-26(2,3)24-13-17-12-23(34-11-9-7-8-10-27-35(5,6)32)22(33-4)14-18(17)20-15-21(29)19(25(30)31)16-28(20)24/h12,14-16,24,27,32H,7-11,13H2,1-6H3,(H,30,31)/p+1. The number of pyridine rings is 1. The molecule has 1 atom stereocenters. The minimum Gasteiger partial charge on any atom is -0.493 e. The van der Waals surface area contributed by atoms with Crippen LogP contribution in [0.2, 0.25) is 0 Å². The van der Waals surface area contributed by atoms with Gasteiger partial charge in [0.15, 0.2) is 16.9 Å². The van der Waals surface area contributed by atoms with Crippen molar-refractivity contribution >= 4 is 16.5 Å². The number of aromatic nitrogens is 1. The molecule has 4 N–H and O–H groups in total. The van der Waals surface area contributed by atoms with E-state index in [9.17, 15) is 14.7 Å². The number of hydrogen-bond acceptors (Lipinski definition) is 5. The molecule has 0 saturated heterocycles. The fraction of sp³-hybridized carbons (Fsp3) is 0.538. The van der Waals surface area contributed by atoms with Gasteiger partial charge >= 0.3 is 5.97 Å². The lowest BCUT2D eigenvalue weighted by molar-refractivity contribution is 0.0693. The zero-order chi connectivity index (χ0) is 26.0. The molecule has 2 heterocycles. The first-order valence-electron chi connectivity index (χ1n) is 11.9. The molecule has 35 heavy (non-hydrogen) atoms. The van der Waals surface area contributed by atoms with E-state index in [1.54, 1.807) is 7.11 Å². The first-order valence-corrected chi connectivity index (χ1v) is 14.3. The second kappa shape index (κ2) is 10.6. The molecule has 1 aliphatic heterocycles. The topological polar surface area (TPSA) is 113 Å². The average molecular weight is 508 g/mol. The maximum Gasteiger partial charge on any atom is 0.341 e. The number of methoxy groups -OCH3 is 1. The average Bonchev–Trinajstić information content (AvgIpc) is 2.75. The van der Waals surface area contributed by atoms with E-state index in [1.807, 2.05) is 29.2 Å². The van der Waals surface area contributed by atoms with Gasteiger partial charge in [-0.3, -0.25) is 4.79 Å². The molecule has 3 rings (SSSR count). The van der Waals surface area contributed by atoms with Crippen LogP contribution in [0.1, 0.15) is 62.0 Å². The Bertz CT molecular complexity index is 1130. The van der Waals surface area contributed by atoms with Gasteiger partial charge in [-0.1, -0.05) is 20.8 Å². The minimum absolute atomic E-state index is 0.0270. The van der Waals surface area contributed by atoms with Gasteiger partial charge in [0.25, 0.3) is 0 Å². The molecule has 9 heteroatoms. The molecule has 1 aliphatic rings. The number of ether oxygens (including phenoxy) is 2. The Hall–Kier alpha value is -2.49. The highest BCUT2D eigenvalue weighted by molar-refractivity contribution is 8.26. The van der Waals surface area contributed by atoms with Gasteiger partial charge in [-0.2, -0.15) is 0 Å². The van der Waals surface area contributed by atoms with Crippen LogP contribution in [-0.4, -0.2) is 53.0 Å². The number of benzene rings is 1. The third kappa shape index (κ3) is 6.59. The van der Waals surface area contributed by atoms with Gasteiger partial charge in [-0.15, -0.1) is 0 Å². The summed E-state index contributed by atoms with van der Waals surface area (Å²) < 4.78 is 24.8. The molecule has 1 aromatic carbocycles. The highest BCUT2D eigenvalue weighted by Gasteiger charge is 2.34. The Labute approximate surface area is 208 Å². The summed E-state index contributed by atoms with van der Waals surface area (Å²) in [7, 11) is 0.168. The van der Waals surface area contributed by atoms with Crippen LogP contribution in [0.3, 0.4) is 0 Å². The van der Waals surface area contributed by atoms with E-state index < -0.39 is 21.9 Å². The van der Waals surface area contributed by atoms with Crippen molar-refractivity contribution in [3.63, 3.8) is 0 Å². The number of aromatic carboxylic acids is 1. The lowest BCUT2D eigenvalue weighted by Crippen LogP contribution is -2.32. The van der Waals surface area contributed by atoms with Gasteiger partial charge in [0.2, 0.25) is 0 Å². The zero-order valence-electron chi connectivity index (χ0n) is 21.6. The summed E-state index contributed by atoms with van der Waals surface area (Å²) in [4.78, 5) is 24.2. The van der Waals surface area contributed by atoms with E-state index in [0.717, 1.165) is 36.9 Å². The summed E-state index contributed by atoms with van der Waals surface area (Å²) in [5.74, 6) is 0.0396. The van der Waals surface area contributed by atoms with Crippen molar-refractivity contribution in [2.45, 2.75) is 52.5 Å². The van der Waals surface area contributed by atoms with Gasteiger partial charge < -0.3 is 23.7 Å². The molecule has 8 nitrogen and oxygen atoms in total. The van der Waals surface area contributed by atoms with Gasteiger partial charge in [0.1, 0.15) is 5.56 Å². The fourth-order valence-corrected chi connectivity index (χ4v) is 5.06. The van der Waals surface area contributed by atoms with E-state index in [1.165, 1.54) is 12.3 Å². The van der Waals surface area contributed by atoms with Crippen molar-refractivity contribution in [2.24, 2.45) is 5.41 Å². The van der Waals surface area contributed by atoms with E-state index in [-0.39, 0.29) is 17.0 Å². The molecule has 2 aromatic rings. The van der Waals surface area contributed by atoms with Gasteiger partial charge in [-0.25, -0.2) is 9.52 Å². The molecule has 0 amide bonds. The maximum absolute atomic E-state index is 12.6. The van der Waals surface area contributed by atoms with Crippen LogP contribution in [0.4, 0.5) is 0 Å². The fourth-order valence-electron chi connectivity index (χ4n) is 4.41. The molecular formula is C26H39N2O6S+. The van der Waals surface area contributed by atoms with E-state index in [0.29, 0.717) is 30.2 Å². The molecule has 0 aliphatic carbocycles. The molecule has 0 saturated carbocycles. The number of carbonyl (C=O) groups is 1. The van der Waals surface area contributed by atoms with Crippen molar-refractivity contribution in [3.05, 3.63) is 45.7 Å². The summed E-state index contributed by atoms with van der Waals surface area (Å²) in [6.45, 7) is 7.75. The van der Waals surface area contributed by atoms with Crippen LogP contribution in [0, 0.1) is 5.41 Å². The third-order valence-electron chi connectivity index (χ3n) is 6.27. The van der Waals surface area contributed by atoms with Crippen LogP contribution < -0.4 is 19.6 Å². The normalized spacial score (nSPS) is 15.8. The molecular weight excluding hydrogens is 468 g/mol. The van der Waals surface area contributed by atoms with Gasteiger partial charge in [-0.05, 0) is 48.8 Å². The van der Waals surface area contributed by atoms with E-state index in [2.05, 4.69) is 25.5 Å². The van der Waals surface area contributed by atoms with Gasteiger partial charge in [0, 0.05) is 53.4 Å². The molecule has 1 aromatic heterocycles. The monoisotopic (exact) mass is 507 g/mol. The first-order chi connectivity index (χ1) is 16.3. The third-order valence-corrected chi connectivity index (χ3v) is 7.19. The SMILES string of the molecule is COc1cc2c(cc1OCCCCCNS(C)(C)[OH2+])CC(C(C)(C)C)n1cc(C(=O)O)c(=O)cc1-2. The van der Waals surface area contributed by atoms with Crippen molar-refractivity contribution < 1.29 is 23.9 Å². The highest BCUT2D eigenvalue weighted by Crippen LogP contribution is 2.45. The van der Waals surface area contributed by atoms with Crippen LogP contribution in [0.25, 0.3) is 11.3 Å². The van der Waals surface area contributed by atoms with E-state index >= 15 is 0 Å². The quantitative estimate of drug-likeness (QED) is 0.369. The Kier molecular flexibility index (Phi) is 8.24. The number of unbranched alkanes of at least 4 members (excludes halogenated alkanes) is 2. The minimum atomic E-state index is -1.42. The number of nitrogens with one attached hydrogen (secondary N) is 1. The number of nitrogens with zero attached hydrogens (tertiary/aromatic N) is 1. The van der Waals surface area contributed by atoms with Crippen LogP contribution in [0.15, 0.2) is 29.2 Å². The summed E-state index contributed by atoms with van der Waals surface area (Å²) in [6.07, 6.45) is 8.90. The second-order valence-corrected chi connectivity index (χ2v) is 13.5. The number of hydrogen-bond donors (Lipinski definition) is 2. The summed E-state index contributed by atoms with van der Waals surface area (Å²) in [5.41, 5.74) is 1.71. The Morgan fingerprint density at radius 2 is 1.91 bits per heavy atom. The Balaban J connectivity index is 1.85. The number of rotatable bonds is 10. The molecule has 0 fully saturated rings. The zero-order valence-corrected chi connectivity index (χ0v) is 22.4. The lowest BCUT2D eigenvalue weighted by Gasteiger charge is -2.39. The van der Waals surface area contributed by atoms with Crippen molar-refractivity contribution in [1.82, 2.24) is 9.29 Å². The van der Waals surface area contributed by atoms with Crippen molar-refractivity contribution in [2.75, 3.05) is 32.8 Å². The van der Waals surface area contributed by atoms with Crippen LogP contribution in [-0.2, 0) is 6.42 Å². The van der Waals surface area contributed by atoms with Crippen LogP contribution in [0.5, 0.6) is 11.5 Å². The Morgan fingerprint density at radius 3 is 2.51 bits per heavy atom.